The third-order valence-corrected chi connectivity index (χ3v) is 4.69. The molecule has 14 heteroatoms. The highest BCUT2D eigenvalue weighted by atomic mass is 16.4. The van der Waals surface area contributed by atoms with Gasteiger partial charge in [-0.1, -0.05) is 13.8 Å². The fraction of sp³-hybridized carbons (Fsp3) is 0.700. The molecule has 0 aromatic rings. The molecule has 34 heavy (non-hydrogen) atoms. The van der Waals surface area contributed by atoms with Gasteiger partial charge in [0.05, 0.1) is 6.04 Å². The molecule has 4 unspecified atom stereocenters. The maximum atomic E-state index is 12.8. The minimum Gasteiger partial charge on any atom is -0.480 e. The number of nitrogens with one attached hydrogen (secondary N) is 3. The highest BCUT2D eigenvalue weighted by Gasteiger charge is 2.29. The summed E-state index contributed by atoms with van der Waals surface area (Å²) in [5, 5.41) is 16.7. The van der Waals surface area contributed by atoms with Crippen LogP contribution in [0.5, 0.6) is 0 Å². The fourth-order valence-electron chi connectivity index (χ4n) is 2.85. The van der Waals surface area contributed by atoms with Crippen LogP contribution in [0.4, 0.5) is 0 Å². The Balaban J connectivity index is 5.22. The van der Waals surface area contributed by atoms with E-state index >= 15 is 0 Å². The zero-order valence-electron chi connectivity index (χ0n) is 19.9. The lowest BCUT2D eigenvalue weighted by Gasteiger charge is -2.24. The van der Waals surface area contributed by atoms with Gasteiger partial charge in [-0.25, -0.2) is 4.79 Å². The van der Waals surface area contributed by atoms with E-state index in [2.05, 4.69) is 20.9 Å². The molecular weight excluding hydrogens is 448 g/mol. The number of carbonyl (C=O) groups excluding carboxylic acids is 4. The lowest BCUT2D eigenvalue weighted by atomic mass is 10.0. The van der Waals surface area contributed by atoms with Crippen molar-refractivity contribution in [3.8, 4) is 0 Å². The summed E-state index contributed by atoms with van der Waals surface area (Å²) >= 11 is 0. The lowest BCUT2D eigenvalue weighted by Crippen LogP contribution is -2.56. The Bertz CT molecular complexity index is 753. The predicted molar refractivity (Wildman–Crippen MR) is 125 cm³/mol. The highest BCUT2D eigenvalue weighted by molar-refractivity contribution is 5.94. The van der Waals surface area contributed by atoms with E-state index in [4.69, 9.17) is 22.9 Å². The Morgan fingerprint density at radius 1 is 0.853 bits per heavy atom. The van der Waals surface area contributed by atoms with Gasteiger partial charge in [0.1, 0.15) is 18.1 Å². The third kappa shape index (κ3) is 13.2. The number of aliphatic carboxylic acids is 1. The van der Waals surface area contributed by atoms with Gasteiger partial charge in [0.2, 0.25) is 23.6 Å². The van der Waals surface area contributed by atoms with Gasteiger partial charge in [0.25, 0.3) is 0 Å². The van der Waals surface area contributed by atoms with Crippen LogP contribution < -0.4 is 38.9 Å². The topological polar surface area (TPSA) is 258 Å². The molecule has 0 fully saturated rings. The van der Waals surface area contributed by atoms with Gasteiger partial charge in [0, 0.05) is 13.0 Å². The Hall–Kier alpha value is -3.42. The maximum absolute atomic E-state index is 12.8. The molecule has 0 heterocycles. The average Bonchev–Trinajstić information content (AvgIpc) is 2.72. The van der Waals surface area contributed by atoms with Crippen molar-refractivity contribution in [1.29, 1.82) is 0 Å². The zero-order chi connectivity index (χ0) is 26.4. The molecule has 0 radical (unpaired) electrons. The SMILES string of the molecule is CC(C)CC(NC(=O)C(CCCN=C(N)N)NC(=O)C(C)NC(=O)C(N)CCC(N)=O)C(=O)O. The van der Waals surface area contributed by atoms with Crippen LogP contribution in [0.1, 0.15) is 52.9 Å². The summed E-state index contributed by atoms with van der Waals surface area (Å²) < 4.78 is 0. The van der Waals surface area contributed by atoms with Crippen LogP contribution in [0.3, 0.4) is 0 Å². The first kappa shape index (κ1) is 30.6. The van der Waals surface area contributed by atoms with Crippen LogP contribution in [0, 0.1) is 5.92 Å². The Morgan fingerprint density at radius 2 is 1.44 bits per heavy atom. The summed E-state index contributed by atoms with van der Waals surface area (Å²) in [5.74, 6) is -3.97. The van der Waals surface area contributed by atoms with Crippen LogP contribution >= 0.6 is 0 Å². The molecular formula is C20H38N8O6. The van der Waals surface area contributed by atoms with E-state index in [0.717, 1.165) is 0 Å². The van der Waals surface area contributed by atoms with Gasteiger partial charge in [-0.15, -0.1) is 0 Å². The first-order valence-electron chi connectivity index (χ1n) is 11.0. The number of nitrogens with two attached hydrogens (primary N) is 4. The molecule has 4 atom stereocenters. The van der Waals surface area contributed by atoms with E-state index in [1.165, 1.54) is 6.92 Å². The van der Waals surface area contributed by atoms with Crippen LogP contribution in [0.2, 0.25) is 0 Å². The second kappa shape index (κ2) is 15.4. The number of primary amides is 1. The number of carbonyl (C=O) groups is 5. The molecule has 0 bridgehead atoms. The minimum absolute atomic E-state index is 0.00492. The second-order valence-corrected chi connectivity index (χ2v) is 8.38. The van der Waals surface area contributed by atoms with Crippen molar-refractivity contribution >= 4 is 35.6 Å². The Labute approximate surface area is 198 Å². The smallest absolute Gasteiger partial charge is 0.326 e. The van der Waals surface area contributed by atoms with Crippen LogP contribution in [0.25, 0.3) is 0 Å². The number of carboxylic acid groups (broad SMARTS) is 1. The number of guanidine groups is 1. The fourth-order valence-corrected chi connectivity index (χ4v) is 2.85. The van der Waals surface area contributed by atoms with Crippen molar-refractivity contribution < 1.29 is 29.1 Å². The molecule has 0 aromatic heterocycles. The van der Waals surface area contributed by atoms with Gasteiger partial charge in [-0.2, -0.15) is 0 Å². The van der Waals surface area contributed by atoms with Crippen molar-refractivity contribution in [1.82, 2.24) is 16.0 Å². The average molecular weight is 487 g/mol. The Morgan fingerprint density at radius 3 is 1.94 bits per heavy atom. The first-order valence-corrected chi connectivity index (χ1v) is 11.0. The number of amides is 4. The standard InChI is InChI=1S/C20H38N8O6/c1-10(2)9-14(19(33)34)28-18(32)13(5-4-8-25-20(23)24)27-16(30)11(3)26-17(31)12(21)6-7-15(22)29/h10-14H,4-9,21H2,1-3H3,(H2,22,29)(H,26,31)(H,27,30)(H,28,32)(H,33,34)(H4,23,24,25). The van der Waals surface area contributed by atoms with Crippen molar-refractivity contribution in [3.05, 3.63) is 0 Å². The number of aliphatic imine (C=N–C) groups is 1. The normalized spacial score (nSPS) is 14.3. The van der Waals surface area contributed by atoms with E-state index in [-0.39, 0.29) is 44.1 Å². The maximum Gasteiger partial charge on any atom is 0.326 e. The summed E-state index contributed by atoms with van der Waals surface area (Å²) in [5.41, 5.74) is 21.3. The quantitative estimate of drug-likeness (QED) is 0.0637. The molecule has 0 saturated heterocycles. The molecule has 0 aromatic carbocycles. The predicted octanol–water partition coefficient (Wildman–Crippen LogP) is -2.76. The number of carboxylic acids is 1. The third-order valence-electron chi connectivity index (χ3n) is 4.69. The monoisotopic (exact) mass is 486 g/mol. The van der Waals surface area contributed by atoms with Gasteiger partial charge in [-0.3, -0.25) is 24.2 Å². The van der Waals surface area contributed by atoms with Gasteiger partial charge in [-0.05, 0) is 38.5 Å². The van der Waals surface area contributed by atoms with E-state index in [0.29, 0.717) is 6.42 Å². The zero-order valence-corrected chi connectivity index (χ0v) is 19.9. The van der Waals surface area contributed by atoms with E-state index in [9.17, 15) is 29.1 Å². The van der Waals surface area contributed by atoms with Gasteiger partial charge >= 0.3 is 5.97 Å². The minimum atomic E-state index is -1.20. The summed E-state index contributed by atoms with van der Waals surface area (Å²) in [6.45, 7) is 5.21. The number of nitrogens with zero attached hydrogens (tertiary/aromatic N) is 1. The van der Waals surface area contributed by atoms with Crippen molar-refractivity contribution in [2.75, 3.05) is 6.54 Å². The summed E-state index contributed by atoms with van der Waals surface area (Å²) in [6, 6.07) is -4.34. The summed E-state index contributed by atoms with van der Waals surface area (Å²) in [4.78, 5) is 63.7. The molecule has 4 amide bonds. The largest absolute Gasteiger partial charge is 0.480 e. The van der Waals surface area contributed by atoms with Gasteiger partial charge < -0.3 is 44.0 Å². The van der Waals surface area contributed by atoms with E-state index in [1.54, 1.807) is 0 Å². The number of hydrogen-bond acceptors (Lipinski definition) is 7. The molecule has 0 aliphatic rings. The molecule has 0 saturated carbocycles. The molecule has 0 aliphatic heterocycles. The van der Waals surface area contributed by atoms with E-state index < -0.39 is 53.8 Å². The molecule has 194 valence electrons. The van der Waals surface area contributed by atoms with Crippen LogP contribution in [0.15, 0.2) is 4.99 Å². The van der Waals surface area contributed by atoms with Gasteiger partial charge in [0.15, 0.2) is 5.96 Å². The number of hydrogen-bond donors (Lipinski definition) is 8. The van der Waals surface area contributed by atoms with E-state index in [1.807, 2.05) is 13.8 Å². The molecule has 0 rings (SSSR count). The molecule has 14 nitrogen and oxygen atoms in total. The number of rotatable bonds is 16. The Kier molecular flexibility index (Phi) is 13.9. The molecule has 0 spiro atoms. The van der Waals surface area contributed by atoms with Crippen molar-refractivity contribution in [3.63, 3.8) is 0 Å². The summed E-state index contributed by atoms with van der Waals surface area (Å²) in [6.07, 6.45) is 0.551. The first-order chi connectivity index (χ1) is 15.7. The lowest BCUT2D eigenvalue weighted by molar-refractivity contribution is -0.142. The van der Waals surface area contributed by atoms with Crippen LogP contribution in [-0.4, -0.2) is 71.4 Å². The van der Waals surface area contributed by atoms with Crippen molar-refractivity contribution in [2.24, 2.45) is 33.8 Å². The molecule has 0 aliphatic carbocycles. The second-order valence-electron chi connectivity index (χ2n) is 8.38. The highest BCUT2D eigenvalue weighted by Crippen LogP contribution is 2.07. The summed E-state index contributed by atoms with van der Waals surface area (Å²) in [7, 11) is 0. The van der Waals surface area contributed by atoms with Crippen molar-refractivity contribution in [2.45, 2.75) is 77.0 Å². The molecule has 12 N–H and O–H groups in total. The van der Waals surface area contributed by atoms with Crippen LogP contribution in [-0.2, 0) is 24.0 Å².